The summed E-state index contributed by atoms with van der Waals surface area (Å²) in [5.74, 6) is -0.791. The van der Waals surface area contributed by atoms with Crippen molar-refractivity contribution in [2.75, 3.05) is 46.6 Å². The van der Waals surface area contributed by atoms with Crippen LogP contribution in [-0.2, 0) is 14.3 Å². The predicted octanol–water partition coefficient (Wildman–Crippen LogP) is 0.792. The number of methoxy groups -OCH3 is 1. The molecule has 0 aliphatic heterocycles. The SMILES string of the molecule is COCCOCCCNC(=O)N(CC(=O)O)CC(C)C. The van der Waals surface area contributed by atoms with E-state index in [0.717, 1.165) is 0 Å². The Morgan fingerprint density at radius 3 is 2.50 bits per heavy atom. The molecule has 2 amide bonds. The summed E-state index contributed by atoms with van der Waals surface area (Å²) in [4.78, 5) is 23.9. The van der Waals surface area contributed by atoms with E-state index in [-0.39, 0.29) is 18.5 Å². The van der Waals surface area contributed by atoms with Gasteiger partial charge in [0.05, 0.1) is 13.2 Å². The highest BCUT2D eigenvalue weighted by Crippen LogP contribution is 1.99. The number of amides is 2. The molecule has 0 aliphatic carbocycles. The maximum Gasteiger partial charge on any atom is 0.323 e. The van der Waals surface area contributed by atoms with Gasteiger partial charge in [-0.1, -0.05) is 13.8 Å². The van der Waals surface area contributed by atoms with Crippen molar-refractivity contribution in [1.29, 1.82) is 0 Å². The number of hydrogen-bond acceptors (Lipinski definition) is 4. The molecule has 0 fully saturated rings. The van der Waals surface area contributed by atoms with E-state index in [2.05, 4.69) is 5.32 Å². The largest absolute Gasteiger partial charge is 0.480 e. The highest BCUT2D eigenvalue weighted by molar-refractivity contribution is 5.80. The molecule has 0 aromatic heterocycles. The monoisotopic (exact) mass is 290 g/mol. The molecule has 0 heterocycles. The van der Waals surface area contributed by atoms with E-state index in [9.17, 15) is 9.59 Å². The minimum absolute atomic E-state index is 0.220. The van der Waals surface area contributed by atoms with Crippen LogP contribution in [0, 0.1) is 5.92 Å². The van der Waals surface area contributed by atoms with Crippen molar-refractivity contribution < 1.29 is 24.2 Å². The topological polar surface area (TPSA) is 88.1 Å². The fourth-order valence-corrected chi connectivity index (χ4v) is 1.55. The first-order valence-electron chi connectivity index (χ1n) is 6.78. The predicted molar refractivity (Wildman–Crippen MR) is 74.8 cm³/mol. The second-order valence-electron chi connectivity index (χ2n) is 4.86. The summed E-state index contributed by atoms with van der Waals surface area (Å²) in [6, 6.07) is -0.349. The molecule has 0 saturated heterocycles. The Morgan fingerprint density at radius 2 is 1.95 bits per heavy atom. The summed E-state index contributed by atoms with van der Waals surface area (Å²) >= 11 is 0. The third-order valence-electron chi connectivity index (χ3n) is 2.37. The summed E-state index contributed by atoms with van der Waals surface area (Å²) in [6.07, 6.45) is 0.679. The van der Waals surface area contributed by atoms with Crippen LogP contribution in [0.1, 0.15) is 20.3 Å². The van der Waals surface area contributed by atoms with Gasteiger partial charge in [-0.3, -0.25) is 4.79 Å². The van der Waals surface area contributed by atoms with Crippen LogP contribution in [-0.4, -0.2) is 68.6 Å². The van der Waals surface area contributed by atoms with Crippen molar-refractivity contribution in [2.24, 2.45) is 5.92 Å². The summed E-state index contributed by atoms with van der Waals surface area (Å²) < 4.78 is 10.1. The maximum absolute atomic E-state index is 11.8. The first-order valence-corrected chi connectivity index (χ1v) is 6.78. The van der Waals surface area contributed by atoms with Crippen LogP contribution in [0.2, 0.25) is 0 Å². The molecule has 0 unspecified atom stereocenters. The van der Waals surface area contributed by atoms with Crippen LogP contribution in [0.15, 0.2) is 0 Å². The lowest BCUT2D eigenvalue weighted by Gasteiger charge is -2.23. The van der Waals surface area contributed by atoms with E-state index in [0.29, 0.717) is 39.3 Å². The van der Waals surface area contributed by atoms with Gasteiger partial charge >= 0.3 is 12.0 Å². The van der Waals surface area contributed by atoms with Gasteiger partial charge in [-0.25, -0.2) is 4.79 Å². The zero-order valence-electron chi connectivity index (χ0n) is 12.6. The van der Waals surface area contributed by atoms with E-state index in [1.165, 1.54) is 4.90 Å². The van der Waals surface area contributed by atoms with E-state index < -0.39 is 5.97 Å². The zero-order valence-corrected chi connectivity index (χ0v) is 12.6. The molecular formula is C13H26N2O5. The minimum atomic E-state index is -1.01. The van der Waals surface area contributed by atoms with Gasteiger partial charge in [0.15, 0.2) is 0 Å². The lowest BCUT2D eigenvalue weighted by molar-refractivity contribution is -0.137. The van der Waals surface area contributed by atoms with E-state index >= 15 is 0 Å². The molecule has 0 aliphatic rings. The smallest absolute Gasteiger partial charge is 0.323 e. The van der Waals surface area contributed by atoms with Gasteiger partial charge in [0.25, 0.3) is 0 Å². The molecule has 118 valence electrons. The van der Waals surface area contributed by atoms with Crippen molar-refractivity contribution in [3.63, 3.8) is 0 Å². The Balaban J connectivity index is 3.86. The second-order valence-corrected chi connectivity index (χ2v) is 4.86. The summed E-state index contributed by atoms with van der Waals surface area (Å²) in [5.41, 5.74) is 0. The van der Waals surface area contributed by atoms with Crippen LogP contribution in [0.5, 0.6) is 0 Å². The Labute approximate surface area is 120 Å². The molecule has 0 spiro atoms. The van der Waals surface area contributed by atoms with Crippen LogP contribution in [0.3, 0.4) is 0 Å². The fourth-order valence-electron chi connectivity index (χ4n) is 1.55. The zero-order chi connectivity index (χ0) is 15.4. The molecule has 0 bridgehead atoms. The third kappa shape index (κ3) is 10.6. The van der Waals surface area contributed by atoms with Gasteiger partial charge in [0, 0.05) is 26.8 Å². The number of nitrogens with one attached hydrogen (secondary N) is 1. The normalized spacial score (nSPS) is 10.6. The van der Waals surface area contributed by atoms with Crippen LogP contribution in [0.25, 0.3) is 0 Å². The first kappa shape index (κ1) is 18.7. The quantitative estimate of drug-likeness (QED) is 0.549. The minimum Gasteiger partial charge on any atom is -0.480 e. The number of nitrogens with zero attached hydrogens (tertiary/aromatic N) is 1. The standard InChI is InChI=1S/C13H26N2O5/c1-11(2)9-15(10-12(16)17)13(18)14-5-4-6-20-8-7-19-3/h11H,4-10H2,1-3H3,(H,14,18)(H,16,17). The summed E-state index contributed by atoms with van der Waals surface area (Å²) in [6.45, 7) is 6.08. The number of hydrogen-bond donors (Lipinski definition) is 2. The average molecular weight is 290 g/mol. The van der Waals surface area contributed by atoms with Gasteiger partial charge in [0.2, 0.25) is 0 Å². The van der Waals surface area contributed by atoms with Crippen molar-refractivity contribution in [3.8, 4) is 0 Å². The number of carbonyl (C=O) groups excluding carboxylic acids is 1. The van der Waals surface area contributed by atoms with Crippen LogP contribution < -0.4 is 5.32 Å². The molecule has 0 radical (unpaired) electrons. The Bertz CT molecular complexity index is 284. The molecule has 0 saturated carbocycles. The molecule has 0 aromatic carbocycles. The van der Waals surface area contributed by atoms with Gasteiger partial charge in [0.1, 0.15) is 6.54 Å². The number of rotatable bonds is 11. The highest BCUT2D eigenvalue weighted by Gasteiger charge is 2.17. The summed E-state index contributed by atoms with van der Waals surface area (Å²) in [5, 5.41) is 11.5. The van der Waals surface area contributed by atoms with Crippen molar-refractivity contribution in [1.82, 2.24) is 10.2 Å². The molecule has 0 atom stereocenters. The van der Waals surface area contributed by atoms with Gasteiger partial charge in [-0.05, 0) is 12.3 Å². The lowest BCUT2D eigenvalue weighted by atomic mass is 10.2. The number of urea groups is 1. The van der Waals surface area contributed by atoms with Crippen molar-refractivity contribution >= 4 is 12.0 Å². The van der Waals surface area contributed by atoms with Gasteiger partial charge in [-0.2, -0.15) is 0 Å². The third-order valence-corrected chi connectivity index (χ3v) is 2.37. The number of ether oxygens (including phenoxy) is 2. The average Bonchev–Trinajstić information content (AvgIpc) is 2.35. The van der Waals surface area contributed by atoms with Crippen molar-refractivity contribution in [2.45, 2.75) is 20.3 Å². The maximum atomic E-state index is 11.8. The molecule has 0 rings (SSSR count). The molecule has 2 N–H and O–H groups in total. The molecule has 0 aromatic rings. The van der Waals surface area contributed by atoms with Crippen LogP contribution >= 0.6 is 0 Å². The van der Waals surface area contributed by atoms with E-state index in [1.54, 1.807) is 7.11 Å². The number of carboxylic acids is 1. The lowest BCUT2D eigenvalue weighted by Crippen LogP contribution is -2.44. The van der Waals surface area contributed by atoms with E-state index in [1.807, 2.05) is 13.8 Å². The molecule has 7 nitrogen and oxygen atoms in total. The Kier molecular flexibility index (Phi) is 10.7. The van der Waals surface area contributed by atoms with Gasteiger partial charge in [-0.15, -0.1) is 0 Å². The summed E-state index contributed by atoms with van der Waals surface area (Å²) in [7, 11) is 1.61. The fraction of sp³-hybridized carbons (Fsp3) is 0.846. The number of aliphatic carboxylic acids is 1. The van der Waals surface area contributed by atoms with E-state index in [4.69, 9.17) is 14.6 Å². The van der Waals surface area contributed by atoms with Gasteiger partial charge < -0.3 is 24.8 Å². The highest BCUT2D eigenvalue weighted by atomic mass is 16.5. The second kappa shape index (κ2) is 11.5. The van der Waals surface area contributed by atoms with Crippen LogP contribution in [0.4, 0.5) is 4.79 Å². The molecule has 20 heavy (non-hydrogen) atoms. The number of carboxylic acid groups (broad SMARTS) is 1. The first-order chi connectivity index (χ1) is 9.47. The number of carbonyl (C=O) groups is 2. The molecule has 7 heteroatoms. The Hall–Kier alpha value is -1.34. The van der Waals surface area contributed by atoms with Crippen molar-refractivity contribution in [3.05, 3.63) is 0 Å². The molecular weight excluding hydrogens is 264 g/mol. The Morgan fingerprint density at radius 1 is 1.25 bits per heavy atom.